The van der Waals surface area contributed by atoms with Crippen molar-refractivity contribution >= 4 is 53.3 Å². The summed E-state index contributed by atoms with van der Waals surface area (Å²) in [6.07, 6.45) is 2.57. The molecule has 1 aliphatic heterocycles. The van der Waals surface area contributed by atoms with Crippen molar-refractivity contribution in [2.45, 2.75) is 109 Å². The molecule has 2 rings (SSSR count). The highest BCUT2D eigenvalue weighted by Gasteiger charge is 2.37. The van der Waals surface area contributed by atoms with E-state index in [-0.39, 0.29) is 31.7 Å². The lowest BCUT2D eigenvalue weighted by molar-refractivity contribution is -0.144. The van der Waals surface area contributed by atoms with Crippen molar-refractivity contribution < 1.29 is 53.4 Å². The van der Waals surface area contributed by atoms with Gasteiger partial charge in [0.05, 0.1) is 31.8 Å². The molecule has 7 atom stereocenters. The molecule has 0 aliphatic carbocycles. The molecule has 1 fully saturated rings. The molecule has 21 nitrogen and oxygen atoms in total. The number of aliphatic carboxylic acids is 2. The van der Waals surface area contributed by atoms with E-state index >= 15 is 0 Å². The number of aromatic nitrogens is 2. The third-order valence-electron chi connectivity index (χ3n) is 8.76. The maximum atomic E-state index is 13.7. The number of amides is 7. The number of hydrogen-bond acceptors (Lipinski definition) is 11. The first-order valence-electron chi connectivity index (χ1n) is 17.6. The maximum absolute atomic E-state index is 13.7. The fourth-order valence-electron chi connectivity index (χ4n) is 5.74. The molecule has 0 spiro atoms. The van der Waals surface area contributed by atoms with Crippen molar-refractivity contribution in [1.29, 1.82) is 0 Å². The van der Waals surface area contributed by atoms with Gasteiger partial charge in [-0.2, -0.15) is 0 Å². The Labute approximate surface area is 311 Å². The van der Waals surface area contributed by atoms with Crippen molar-refractivity contribution in [3.05, 3.63) is 18.2 Å². The van der Waals surface area contributed by atoms with E-state index in [1.54, 1.807) is 27.7 Å². The molecular weight excluding hydrogens is 712 g/mol. The zero-order valence-corrected chi connectivity index (χ0v) is 30.8. The highest BCUT2D eigenvalue weighted by atomic mass is 16.4. The van der Waals surface area contributed by atoms with Gasteiger partial charge < -0.3 is 58.1 Å². The number of nitrogens with two attached hydrogens (primary N) is 2. The van der Waals surface area contributed by atoms with E-state index in [0.717, 1.165) is 0 Å². The van der Waals surface area contributed by atoms with Crippen LogP contribution in [-0.4, -0.2) is 128 Å². The van der Waals surface area contributed by atoms with E-state index < -0.39 is 115 Å². The van der Waals surface area contributed by atoms with E-state index in [9.17, 15) is 48.3 Å². The summed E-state index contributed by atoms with van der Waals surface area (Å²) >= 11 is 0. The lowest BCUT2D eigenvalue weighted by Gasteiger charge is -2.29. The van der Waals surface area contributed by atoms with Crippen LogP contribution in [0.5, 0.6) is 0 Å². The number of aromatic amines is 1. The fourth-order valence-corrected chi connectivity index (χ4v) is 5.74. The summed E-state index contributed by atoms with van der Waals surface area (Å²) in [5.74, 6) is -9.00. The number of imidazole rings is 1. The Bertz CT molecular complexity index is 1520. The van der Waals surface area contributed by atoms with E-state index in [4.69, 9.17) is 16.6 Å². The molecule has 0 saturated carbocycles. The van der Waals surface area contributed by atoms with E-state index in [0.29, 0.717) is 18.5 Å². The molecule has 1 aromatic heterocycles. The number of likely N-dealkylation sites (tertiary alicyclic amines) is 1. The van der Waals surface area contributed by atoms with Gasteiger partial charge in [0.25, 0.3) is 0 Å². The summed E-state index contributed by atoms with van der Waals surface area (Å²) < 4.78 is 0. The summed E-state index contributed by atoms with van der Waals surface area (Å²) in [7, 11) is 0. The lowest BCUT2D eigenvalue weighted by Crippen LogP contribution is -2.60. The maximum Gasteiger partial charge on any atom is 0.326 e. The van der Waals surface area contributed by atoms with Crippen LogP contribution in [0, 0.1) is 11.8 Å². The third-order valence-corrected chi connectivity index (χ3v) is 8.76. The van der Waals surface area contributed by atoms with Gasteiger partial charge in [0.15, 0.2) is 0 Å². The Balaban J connectivity index is 2.19. The van der Waals surface area contributed by atoms with Gasteiger partial charge in [-0.25, -0.2) is 9.78 Å². The van der Waals surface area contributed by atoms with Crippen LogP contribution >= 0.6 is 0 Å². The summed E-state index contributed by atoms with van der Waals surface area (Å²) in [5, 5.41) is 30.9. The second-order valence-corrected chi connectivity index (χ2v) is 13.6. The van der Waals surface area contributed by atoms with Crippen LogP contribution in [0.1, 0.15) is 71.9 Å². The number of carbonyl (C=O) groups is 9. The number of carboxylic acid groups (broad SMARTS) is 2. The molecule has 0 bridgehead atoms. The van der Waals surface area contributed by atoms with Gasteiger partial charge in [0.1, 0.15) is 30.2 Å². The van der Waals surface area contributed by atoms with Crippen LogP contribution in [0.2, 0.25) is 0 Å². The van der Waals surface area contributed by atoms with Gasteiger partial charge >= 0.3 is 11.9 Å². The van der Waals surface area contributed by atoms with Crippen LogP contribution < -0.4 is 38.1 Å². The Morgan fingerprint density at radius 3 is 2.13 bits per heavy atom. The van der Waals surface area contributed by atoms with Gasteiger partial charge in [0, 0.05) is 24.9 Å². The summed E-state index contributed by atoms with van der Waals surface area (Å²) in [6.45, 7) is 6.55. The number of H-pyrrole nitrogens is 1. The summed E-state index contributed by atoms with van der Waals surface area (Å²) in [4.78, 5) is 121. The van der Waals surface area contributed by atoms with E-state index in [1.807, 2.05) is 0 Å². The number of rotatable bonds is 22. The van der Waals surface area contributed by atoms with Crippen LogP contribution in [0.4, 0.5) is 0 Å². The molecule has 7 amide bonds. The van der Waals surface area contributed by atoms with Gasteiger partial charge in [-0.3, -0.25) is 38.4 Å². The summed E-state index contributed by atoms with van der Waals surface area (Å²) in [5.41, 5.74) is 11.3. The molecule has 2 heterocycles. The van der Waals surface area contributed by atoms with Crippen LogP contribution in [0.3, 0.4) is 0 Å². The molecule has 12 N–H and O–H groups in total. The quantitative estimate of drug-likeness (QED) is 0.0559. The van der Waals surface area contributed by atoms with Crippen LogP contribution in [0.25, 0.3) is 0 Å². The highest BCUT2D eigenvalue weighted by molar-refractivity contribution is 5.97. The van der Waals surface area contributed by atoms with Crippen molar-refractivity contribution in [2.75, 3.05) is 13.1 Å². The molecule has 54 heavy (non-hydrogen) atoms. The molecule has 1 saturated heterocycles. The number of nitrogens with one attached hydrogen (secondary N) is 6. The Morgan fingerprint density at radius 2 is 1.57 bits per heavy atom. The van der Waals surface area contributed by atoms with Crippen LogP contribution in [-0.2, 0) is 49.6 Å². The number of carboxylic acids is 2. The largest absolute Gasteiger partial charge is 0.481 e. The van der Waals surface area contributed by atoms with Gasteiger partial charge in [-0.1, -0.05) is 34.1 Å². The highest BCUT2D eigenvalue weighted by Crippen LogP contribution is 2.19. The van der Waals surface area contributed by atoms with E-state index in [2.05, 4.69) is 36.6 Å². The molecule has 0 unspecified atom stereocenters. The molecule has 21 heteroatoms. The van der Waals surface area contributed by atoms with Gasteiger partial charge in [0.2, 0.25) is 41.4 Å². The smallest absolute Gasteiger partial charge is 0.326 e. The monoisotopic (exact) mass is 764 g/mol. The Morgan fingerprint density at radius 1 is 0.926 bits per heavy atom. The number of hydrogen-bond donors (Lipinski definition) is 10. The topological polar surface area (TPSA) is 338 Å². The van der Waals surface area contributed by atoms with Gasteiger partial charge in [-0.05, 0) is 31.1 Å². The van der Waals surface area contributed by atoms with E-state index in [1.165, 1.54) is 17.4 Å². The van der Waals surface area contributed by atoms with Crippen molar-refractivity contribution in [3.8, 4) is 0 Å². The number of primary amides is 1. The second-order valence-electron chi connectivity index (χ2n) is 13.6. The predicted molar refractivity (Wildman–Crippen MR) is 188 cm³/mol. The SMILES string of the molecule is CC[C@H](C)[C@H](NC(=O)[C@H](CC(C)C)NC(=O)[C@H](Cc1cnc[nH]1)NC(=O)CNC(=O)[C@@H]1CCCN1C(=O)[C@@H](N)CC(=O)O)C(=O)N[C@@H](CC(N)=O)C(=O)O. The zero-order valence-electron chi connectivity index (χ0n) is 30.8. The fraction of sp³-hybridized carbons (Fsp3) is 0.636. The summed E-state index contributed by atoms with van der Waals surface area (Å²) in [6, 6.07) is -7.75. The van der Waals surface area contributed by atoms with Gasteiger partial charge in [-0.15, -0.1) is 0 Å². The predicted octanol–water partition coefficient (Wildman–Crippen LogP) is -3.15. The Hall–Kier alpha value is -5.60. The second kappa shape index (κ2) is 21.2. The normalized spacial score (nSPS) is 17.2. The number of nitrogens with zero attached hydrogens (tertiary/aromatic N) is 2. The minimum absolute atomic E-state index is 0.0966. The first-order chi connectivity index (χ1) is 25.3. The zero-order chi connectivity index (χ0) is 40.7. The molecule has 300 valence electrons. The minimum atomic E-state index is -1.64. The standard InChI is InChI=1S/C33H52N10O11/c1-5-17(4)27(31(51)41-22(33(53)54)12-24(35)44)42-29(49)20(9-16(2)3)40-28(48)21(10-18-13-36-15-38-18)39-25(45)14-37-30(50)23-7-6-8-43(23)32(52)19(34)11-26(46)47/h13,15-17,19-23,27H,5-12,14,34H2,1-4H3,(H2,35,44)(H,36,38)(H,37,50)(H,39,45)(H,40,48)(H,41,51)(H,42,49)(H,46,47)(H,53,54)/t17-,19-,20-,21-,22-,23-,27-/m0/s1. The average Bonchev–Trinajstić information content (AvgIpc) is 3.80. The first-order valence-corrected chi connectivity index (χ1v) is 17.6. The average molecular weight is 765 g/mol. The lowest BCUT2D eigenvalue weighted by atomic mass is 9.96. The molecule has 0 aromatic carbocycles. The molecule has 1 aliphatic rings. The molecule has 0 radical (unpaired) electrons. The Kier molecular flexibility index (Phi) is 17.5. The molecular formula is C33H52N10O11. The van der Waals surface area contributed by atoms with Crippen molar-refractivity contribution in [3.63, 3.8) is 0 Å². The van der Waals surface area contributed by atoms with Crippen LogP contribution in [0.15, 0.2) is 12.5 Å². The first kappa shape index (κ1) is 44.6. The molecule has 1 aromatic rings. The number of carbonyl (C=O) groups excluding carboxylic acids is 7. The van der Waals surface area contributed by atoms with Crippen molar-refractivity contribution in [2.24, 2.45) is 23.3 Å². The van der Waals surface area contributed by atoms with Crippen molar-refractivity contribution in [1.82, 2.24) is 41.5 Å². The third kappa shape index (κ3) is 14.1. The minimum Gasteiger partial charge on any atom is -0.481 e.